The Balaban J connectivity index is 1.71. The second-order valence-electron chi connectivity index (χ2n) is 5.65. The number of para-hydroxylation sites is 1. The van der Waals surface area contributed by atoms with E-state index in [1.54, 1.807) is 37.4 Å². The number of hydrogen-bond donors (Lipinski definition) is 2. The van der Waals surface area contributed by atoms with Gasteiger partial charge in [-0.3, -0.25) is 4.79 Å². The molecule has 0 atom stereocenters. The van der Waals surface area contributed by atoms with E-state index in [0.29, 0.717) is 17.3 Å². The highest BCUT2D eigenvalue weighted by Gasteiger charge is 2.15. The van der Waals surface area contributed by atoms with Gasteiger partial charge in [-0.25, -0.2) is 4.79 Å². The average molecular weight is 378 g/mol. The molecule has 0 fully saturated rings. The molecule has 0 aliphatic rings. The molecule has 2 N–H and O–H groups in total. The van der Waals surface area contributed by atoms with Crippen molar-refractivity contribution in [3.63, 3.8) is 0 Å². The SMILES string of the molecule is COC(=O)c1ccccc1NC(=O)c1ccc(Nc2cccc(OC)c2)nn1. The number of esters is 1. The van der Waals surface area contributed by atoms with Gasteiger partial charge in [0.15, 0.2) is 11.5 Å². The van der Waals surface area contributed by atoms with Gasteiger partial charge in [-0.2, -0.15) is 0 Å². The van der Waals surface area contributed by atoms with Crippen LogP contribution in [0, 0.1) is 0 Å². The number of hydrogen-bond acceptors (Lipinski definition) is 7. The summed E-state index contributed by atoms with van der Waals surface area (Å²) in [5.41, 5.74) is 1.47. The van der Waals surface area contributed by atoms with E-state index in [9.17, 15) is 9.59 Å². The normalized spacial score (nSPS) is 10.1. The Labute approximate surface area is 161 Å². The zero-order valence-electron chi connectivity index (χ0n) is 15.3. The van der Waals surface area contributed by atoms with Gasteiger partial charge in [-0.15, -0.1) is 10.2 Å². The van der Waals surface area contributed by atoms with E-state index in [2.05, 4.69) is 20.8 Å². The first kappa shape index (κ1) is 18.8. The lowest BCUT2D eigenvalue weighted by Gasteiger charge is -2.10. The van der Waals surface area contributed by atoms with E-state index in [1.807, 2.05) is 24.3 Å². The zero-order chi connectivity index (χ0) is 19.9. The number of aromatic nitrogens is 2. The lowest BCUT2D eigenvalue weighted by molar-refractivity contribution is 0.0602. The second-order valence-corrected chi connectivity index (χ2v) is 5.65. The Bertz CT molecular complexity index is 990. The summed E-state index contributed by atoms with van der Waals surface area (Å²) in [6.45, 7) is 0. The summed E-state index contributed by atoms with van der Waals surface area (Å²) in [5, 5.41) is 13.7. The molecule has 3 rings (SSSR count). The smallest absolute Gasteiger partial charge is 0.339 e. The van der Waals surface area contributed by atoms with Crippen LogP contribution in [0.2, 0.25) is 0 Å². The standard InChI is InChI=1S/C20H18N4O4/c1-27-14-7-5-6-13(12-14)21-18-11-10-17(23-24-18)19(25)22-16-9-4-3-8-15(16)20(26)28-2/h3-12H,1-2H3,(H,21,24)(H,22,25). The summed E-state index contributed by atoms with van der Waals surface area (Å²) >= 11 is 0. The third kappa shape index (κ3) is 4.42. The Morgan fingerprint density at radius 1 is 0.929 bits per heavy atom. The number of anilines is 3. The highest BCUT2D eigenvalue weighted by atomic mass is 16.5. The molecule has 1 amide bonds. The maximum Gasteiger partial charge on any atom is 0.339 e. The van der Waals surface area contributed by atoms with Gasteiger partial charge in [0.25, 0.3) is 5.91 Å². The summed E-state index contributed by atoms with van der Waals surface area (Å²) < 4.78 is 9.89. The van der Waals surface area contributed by atoms with Crippen LogP contribution in [0.25, 0.3) is 0 Å². The molecule has 8 nitrogen and oxygen atoms in total. The number of carbonyl (C=O) groups is 2. The van der Waals surface area contributed by atoms with Crippen molar-refractivity contribution >= 4 is 29.1 Å². The van der Waals surface area contributed by atoms with Crippen LogP contribution in [0.1, 0.15) is 20.8 Å². The predicted octanol–water partition coefficient (Wildman–Crippen LogP) is 3.27. The van der Waals surface area contributed by atoms with Gasteiger partial charge in [0.05, 0.1) is 25.5 Å². The molecule has 1 heterocycles. The quantitative estimate of drug-likeness (QED) is 0.635. The summed E-state index contributed by atoms with van der Waals surface area (Å²) in [7, 11) is 2.87. The molecular formula is C20H18N4O4. The Morgan fingerprint density at radius 3 is 2.46 bits per heavy atom. The van der Waals surface area contributed by atoms with Crippen molar-refractivity contribution in [2.75, 3.05) is 24.9 Å². The van der Waals surface area contributed by atoms with Gasteiger partial charge < -0.3 is 20.1 Å². The van der Waals surface area contributed by atoms with E-state index in [1.165, 1.54) is 13.2 Å². The minimum absolute atomic E-state index is 0.107. The number of rotatable bonds is 6. The molecule has 0 unspecified atom stereocenters. The Kier molecular flexibility index (Phi) is 5.81. The van der Waals surface area contributed by atoms with Crippen LogP contribution in [-0.4, -0.2) is 36.3 Å². The molecule has 0 spiro atoms. The maximum absolute atomic E-state index is 12.4. The molecule has 8 heteroatoms. The number of carbonyl (C=O) groups excluding carboxylic acids is 2. The highest BCUT2D eigenvalue weighted by Crippen LogP contribution is 2.20. The number of amides is 1. The summed E-state index contributed by atoms with van der Waals surface area (Å²) in [4.78, 5) is 24.2. The van der Waals surface area contributed by atoms with Crippen molar-refractivity contribution in [2.45, 2.75) is 0 Å². The van der Waals surface area contributed by atoms with Crippen LogP contribution in [0.15, 0.2) is 60.7 Å². The topological polar surface area (TPSA) is 102 Å². The fourth-order valence-electron chi connectivity index (χ4n) is 2.44. The largest absolute Gasteiger partial charge is 0.497 e. The molecule has 2 aromatic carbocycles. The van der Waals surface area contributed by atoms with E-state index < -0.39 is 11.9 Å². The van der Waals surface area contributed by atoms with Crippen LogP contribution in [0.5, 0.6) is 5.75 Å². The van der Waals surface area contributed by atoms with Crippen LogP contribution in [0.3, 0.4) is 0 Å². The van der Waals surface area contributed by atoms with Gasteiger partial charge >= 0.3 is 5.97 Å². The molecule has 0 aliphatic carbocycles. The van der Waals surface area contributed by atoms with Gasteiger partial charge in [0, 0.05) is 11.8 Å². The third-order valence-corrected chi connectivity index (χ3v) is 3.82. The molecule has 142 valence electrons. The Morgan fingerprint density at radius 2 is 1.75 bits per heavy atom. The average Bonchev–Trinajstić information content (AvgIpc) is 2.74. The van der Waals surface area contributed by atoms with Crippen molar-refractivity contribution in [2.24, 2.45) is 0 Å². The first-order valence-electron chi connectivity index (χ1n) is 8.34. The van der Waals surface area contributed by atoms with Crippen molar-refractivity contribution in [3.8, 4) is 5.75 Å². The minimum atomic E-state index is -0.542. The Hall–Kier alpha value is -3.94. The van der Waals surface area contributed by atoms with Crippen LogP contribution >= 0.6 is 0 Å². The van der Waals surface area contributed by atoms with Crippen molar-refractivity contribution in [1.29, 1.82) is 0 Å². The summed E-state index contributed by atoms with van der Waals surface area (Å²) in [5.74, 6) is 0.148. The molecule has 0 aliphatic heterocycles. The van der Waals surface area contributed by atoms with Crippen LogP contribution in [0.4, 0.5) is 17.2 Å². The first-order valence-corrected chi connectivity index (χ1v) is 8.34. The highest BCUT2D eigenvalue weighted by molar-refractivity contribution is 6.07. The van der Waals surface area contributed by atoms with Gasteiger partial charge in [0.2, 0.25) is 0 Å². The molecule has 0 saturated heterocycles. The van der Waals surface area contributed by atoms with E-state index in [4.69, 9.17) is 9.47 Å². The molecule has 0 radical (unpaired) electrons. The van der Waals surface area contributed by atoms with E-state index >= 15 is 0 Å². The predicted molar refractivity (Wildman–Crippen MR) is 104 cm³/mol. The van der Waals surface area contributed by atoms with Gasteiger partial charge in [0.1, 0.15) is 5.75 Å². The zero-order valence-corrected chi connectivity index (χ0v) is 15.3. The summed E-state index contributed by atoms with van der Waals surface area (Å²) in [6.07, 6.45) is 0. The fourth-order valence-corrected chi connectivity index (χ4v) is 2.44. The molecule has 3 aromatic rings. The molecule has 1 aromatic heterocycles. The minimum Gasteiger partial charge on any atom is -0.497 e. The van der Waals surface area contributed by atoms with E-state index in [-0.39, 0.29) is 11.3 Å². The lowest BCUT2D eigenvalue weighted by atomic mass is 10.1. The van der Waals surface area contributed by atoms with Crippen molar-refractivity contribution in [1.82, 2.24) is 10.2 Å². The number of ether oxygens (including phenoxy) is 2. The molecular weight excluding hydrogens is 360 g/mol. The number of benzene rings is 2. The second kappa shape index (κ2) is 8.63. The van der Waals surface area contributed by atoms with Crippen molar-refractivity contribution < 1.29 is 19.1 Å². The van der Waals surface area contributed by atoms with Crippen LogP contribution in [-0.2, 0) is 4.74 Å². The molecule has 0 saturated carbocycles. The number of nitrogens with one attached hydrogen (secondary N) is 2. The van der Waals surface area contributed by atoms with Gasteiger partial charge in [-0.1, -0.05) is 18.2 Å². The third-order valence-electron chi connectivity index (χ3n) is 3.82. The fraction of sp³-hybridized carbons (Fsp3) is 0.100. The number of nitrogens with zero attached hydrogens (tertiary/aromatic N) is 2. The molecule has 0 bridgehead atoms. The lowest BCUT2D eigenvalue weighted by Crippen LogP contribution is -2.17. The number of methoxy groups -OCH3 is 2. The molecule has 28 heavy (non-hydrogen) atoms. The van der Waals surface area contributed by atoms with Crippen molar-refractivity contribution in [3.05, 3.63) is 71.9 Å². The van der Waals surface area contributed by atoms with Gasteiger partial charge in [-0.05, 0) is 36.4 Å². The maximum atomic E-state index is 12.4. The van der Waals surface area contributed by atoms with E-state index in [0.717, 1.165) is 5.69 Å². The summed E-state index contributed by atoms with van der Waals surface area (Å²) in [6, 6.07) is 17.1. The van der Waals surface area contributed by atoms with Crippen LogP contribution < -0.4 is 15.4 Å². The monoisotopic (exact) mass is 378 g/mol. The first-order chi connectivity index (χ1) is 13.6.